The zero-order chi connectivity index (χ0) is 17.1. The van der Waals surface area contributed by atoms with E-state index < -0.39 is 6.09 Å². The summed E-state index contributed by atoms with van der Waals surface area (Å²) in [7, 11) is 1.86. The summed E-state index contributed by atoms with van der Waals surface area (Å²) in [5, 5.41) is 2.72. The number of hydrogen-bond donors (Lipinski definition) is 1. The van der Waals surface area contributed by atoms with Crippen molar-refractivity contribution in [3.63, 3.8) is 0 Å². The lowest BCUT2D eigenvalue weighted by Crippen LogP contribution is -2.17. The molecule has 0 bridgehead atoms. The SMILES string of the molecule is Cc1cn(C)cc1OC(=O)Nc1ccccc1-c1cccc(F)c1. The van der Waals surface area contributed by atoms with Crippen molar-refractivity contribution in [2.75, 3.05) is 5.32 Å². The number of carbonyl (C=O) groups is 1. The fourth-order valence-corrected chi connectivity index (χ4v) is 2.54. The van der Waals surface area contributed by atoms with E-state index in [9.17, 15) is 9.18 Å². The molecule has 4 nitrogen and oxygen atoms in total. The maximum absolute atomic E-state index is 13.5. The van der Waals surface area contributed by atoms with E-state index in [1.807, 2.05) is 36.9 Å². The molecule has 1 heterocycles. The molecule has 122 valence electrons. The van der Waals surface area contributed by atoms with E-state index in [4.69, 9.17) is 4.74 Å². The topological polar surface area (TPSA) is 43.3 Å². The molecule has 1 aromatic heterocycles. The number of ether oxygens (including phenoxy) is 1. The van der Waals surface area contributed by atoms with Crippen LogP contribution in [0.15, 0.2) is 60.9 Å². The van der Waals surface area contributed by atoms with Crippen LogP contribution in [-0.2, 0) is 7.05 Å². The van der Waals surface area contributed by atoms with Gasteiger partial charge in [0, 0.05) is 30.6 Å². The molecule has 0 fully saturated rings. The summed E-state index contributed by atoms with van der Waals surface area (Å²) in [5.74, 6) is 0.169. The summed E-state index contributed by atoms with van der Waals surface area (Å²) < 4.78 is 20.6. The van der Waals surface area contributed by atoms with E-state index >= 15 is 0 Å². The number of halogens is 1. The highest BCUT2D eigenvalue weighted by Gasteiger charge is 2.12. The van der Waals surface area contributed by atoms with Crippen LogP contribution in [0.2, 0.25) is 0 Å². The minimum absolute atomic E-state index is 0.329. The molecule has 3 aromatic rings. The van der Waals surface area contributed by atoms with Crippen LogP contribution in [-0.4, -0.2) is 10.7 Å². The molecule has 1 N–H and O–H groups in total. The fraction of sp³-hybridized carbons (Fsp3) is 0.105. The lowest BCUT2D eigenvalue weighted by atomic mass is 10.0. The van der Waals surface area contributed by atoms with Gasteiger partial charge in [-0.05, 0) is 30.7 Å². The average Bonchev–Trinajstić information content (AvgIpc) is 2.85. The Morgan fingerprint density at radius 3 is 2.62 bits per heavy atom. The number of para-hydroxylation sites is 1. The molecule has 0 saturated carbocycles. The first-order chi connectivity index (χ1) is 11.5. The van der Waals surface area contributed by atoms with Gasteiger partial charge in [0.15, 0.2) is 5.75 Å². The highest BCUT2D eigenvalue weighted by atomic mass is 19.1. The maximum Gasteiger partial charge on any atom is 0.417 e. The van der Waals surface area contributed by atoms with Crippen LogP contribution in [0.1, 0.15) is 5.56 Å². The van der Waals surface area contributed by atoms with Crippen LogP contribution in [0.4, 0.5) is 14.9 Å². The number of hydrogen-bond acceptors (Lipinski definition) is 2. The minimum Gasteiger partial charge on any atom is -0.408 e. The molecule has 0 aliphatic carbocycles. The smallest absolute Gasteiger partial charge is 0.408 e. The molecule has 0 spiro atoms. The number of carbonyl (C=O) groups excluding carboxylic acids is 1. The molecule has 2 aromatic carbocycles. The Morgan fingerprint density at radius 1 is 1.12 bits per heavy atom. The first-order valence-corrected chi connectivity index (χ1v) is 7.49. The Morgan fingerprint density at radius 2 is 1.92 bits per heavy atom. The van der Waals surface area contributed by atoms with Crippen molar-refractivity contribution in [3.05, 3.63) is 72.3 Å². The van der Waals surface area contributed by atoms with Crippen LogP contribution in [0.25, 0.3) is 11.1 Å². The van der Waals surface area contributed by atoms with E-state index in [1.165, 1.54) is 12.1 Å². The highest BCUT2D eigenvalue weighted by Crippen LogP contribution is 2.28. The molecular formula is C19H17FN2O2. The van der Waals surface area contributed by atoms with Crippen LogP contribution in [0.5, 0.6) is 5.75 Å². The second kappa shape index (κ2) is 6.58. The minimum atomic E-state index is -0.590. The van der Waals surface area contributed by atoms with E-state index in [-0.39, 0.29) is 5.82 Å². The third kappa shape index (κ3) is 3.46. The van der Waals surface area contributed by atoms with Crippen molar-refractivity contribution in [3.8, 4) is 16.9 Å². The first kappa shape index (κ1) is 15.8. The fourth-order valence-electron chi connectivity index (χ4n) is 2.54. The number of aryl methyl sites for hydroxylation is 2. The number of rotatable bonds is 3. The van der Waals surface area contributed by atoms with Gasteiger partial charge in [0.05, 0.1) is 5.69 Å². The van der Waals surface area contributed by atoms with Gasteiger partial charge < -0.3 is 9.30 Å². The quantitative estimate of drug-likeness (QED) is 0.755. The van der Waals surface area contributed by atoms with Gasteiger partial charge in [-0.2, -0.15) is 0 Å². The number of aromatic nitrogens is 1. The number of nitrogens with zero attached hydrogens (tertiary/aromatic N) is 1. The lowest BCUT2D eigenvalue weighted by molar-refractivity contribution is 0.215. The average molecular weight is 324 g/mol. The third-order valence-electron chi connectivity index (χ3n) is 3.61. The molecule has 0 radical (unpaired) electrons. The van der Waals surface area contributed by atoms with E-state index in [1.54, 1.807) is 30.5 Å². The highest BCUT2D eigenvalue weighted by molar-refractivity contribution is 5.92. The second-order valence-electron chi connectivity index (χ2n) is 5.54. The van der Waals surface area contributed by atoms with Crippen molar-refractivity contribution < 1.29 is 13.9 Å². The molecule has 24 heavy (non-hydrogen) atoms. The summed E-state index contributed by atoms with van der Waals surface area (Å²) in [6, 6.07) is 13.4. The van der Waals surface area contributed by atoms with Crippen molar-refractivity contribution in [2.45, 2.75) is 6.92 Å². The monoisotopic (exact) mass is 324 g/mol. The normalized spacial score (nSPS) is 10.5. The third-order valence-corrected chi connectivity index (χ3v) is 3.61. The summed E-state index contributed by atoms with van der Waals surface area (Å²) >= 11 is 0. The van der Waals surface area contributed by atoms with Gasteiger partial charge in [-0.3, -0.25) is 5.32 Å². The zero-order valence-electron chi connectivity index (χ0n) is 13.4. The molecule has 1 amide bonds. The van der Waals surface area contributed by atoms with E-state index in [0.29, 0.717) is 17.0 Å². The van der Waals surface area contributed by atoms with Gasteiger partial charge in [0.1, 0.15) is 5.82 Å². The molecule has 0 unspecified atom stereocenters. The Bertz CT molecular complexity index is 887. The van der Waals surface area contributed by atoms with Crippen molar-refractivity contribution in [2.24, 2.45) is 7.05 Å². The molecular weight excluding hydrogens is 307 g/mol. The van der Waals surface area contributed by atoms with Crippen molar-refractivity contribution >= 4 is 11.8 Å². The van der Waals surface area contributed by atoms with Crippen molar-refractivity contribution in [1.82, 2.24) is 4.57 Å². The zero-order valence-corrected chi connectivity index (χ0v) is 13.4. The van der Waals surface area contributed by atoms with Gasteiger partial charge in [0.2, 0.25) is 0 Å². The number of nitrogens with one attached hydrogen (secondary N) is 1. The Kier molecular flexibility index (Phi) is 4.33. The Balaban J connectivity index is 1.83. The predicted octanol–water partition coefficient (Wildman–Crippen LogP) is 4.75. The van der Waals surface area contributed by atoms with Crippen LogP contribution < -0.4 is 10.1 Å². The van der Waals surface area contributed by atoms with Gasteiger partial charge in [0.25, 0.3) is 0 Å². The molecule has 0 atom stereocenters. The molecule has 0 aliphatic heterocycles. The van der Waals surface area contributed by atoms with Crippen LogP contribution in [0.3, 0.4) is 0 Å². The van der Waals surface area contributed by atoms with Crippen LogP contribution >= 0.6 is 0 Å². The number of amides is 1. The molecule has 5 heteroatoms. The molecule has 0 aliphatic rings. The number of benzene rings is 2. The predicted molar refractivity (Wildman–Crippen MR) is 91.6 cm³/mol. The molecule has 0 saturated heterocycles. The first-order valence-electron chi connectivity index (χ1n) is 7.49. The lowest BCUT2D eigenvalue weighted by Gasteiger charge is -2.11. The van der Waals surface area contributed by atoms with E-state index in [2.05, 4.69) is 5.32 Å². The van der Waals surface area contributed by atoms with Crippen LogP contribution in [0, 0.1) is 12.7 Å². The largest absolute Gasteiger partial charge is 0.417 e. The van der Waals surface area contributed by atoms with Gasteiger partial charge in [-0.15, -0.1) is 0 Å². The van der Waals surface area contributed by atoms with Crippen molar-refractivity contribution in [1.29, 1.82) is 0 Å². The second-order valence-corrected chi connectivity index (χ2v) is 5.54. The standard InChI is InChI=1S/C19H17FN2O2/c1-13-11-22(2)12-18(13)24-19(23)21-17-9-4-3-8-16(17)14-6-5-7-15(20)10-14/h3-12H,1-2H3,(H,21,23). The Labute approximate surface area is 139 Å². The maximum atomic E-state index is 13.5. The van der Waals surface area contributed by atoms with Gasteiger partial charge >= 0.3 is 6.09 Å². The van der Waals surface area contributed by atoms with Gasteiger partial charge in [-0.1, -0.05) is 30.3 Å². The van der Waals surface area contributed by atoms with E-state index in [0.717, 1.165) is 11.1 Å². The summed E-state index contributed by atoms with van der Waals surface area (Å²) in [5.41, 5.74) is 2.83. The summed E-state index contributed by atoms with van der Waals surface area (Å²) in [6.07, 6.45) is 3.00. The summed E-state index contributed by atoms with van der Waals surface area (Å²) in [6.45, 7) is 1.86. The number of anilines is 1. The molecule has 3 rings (SSSR count). The van der Waals surface area contributed by atoms with Gasteiger partial charge in [-0.25, -0.2) is 9.18 Å². The summed E-state index contributed by atoms with van der Waals surface area (Å²) in [4.78, 5) is 12.2. The Hall–Kier alpha value is -3.08.